The molecule has 0 bridgehead atoms. The Kier molecular flexibility index (Phi) is 2.07. The first-order valence-corrected chi connectivity index (χ1v) is 5.17. The minimum atomic E-state index is -4.72. The number of hydrogen-bond acceptors (Lipinski definition) is 1. The van der Waals surface area contributed by atoms with Crippen LogP contribution in [0.5, 0.6) is 0 Å². The Morgan fingerprint density at radius 3 is 2.21 bits per heavy atom. The van der Waals surface area contributed by atoms with Crippen LogP contribution >= 0.6 is 15.9 Å². The highest BCUT2D eigenvalue weighted by molar-refractivity contribution is 9.11. The van der Waals surface area contributed by atoms with E-state index >= 15 is 0 Å². The summed E-state index contributed by atoms with van der Waals surface area (Å²) in [6.07, 6.45) is -1.76. The second kappa shape index (κ2) is 2.84. The lowest BCUT2D eigenvalue weighted by molar-refractivity contribution is -0.169. The maximum Gasteiger partial charge on any atom is 0.454 e. The van der Waals surface area contributed by atoms with E-state index in [0.29, 0.717) is 10.9 Å². The third-order valence-corrected chi connectivity index (χ3v) is 3.77. The van der Waals surface area contributed by atoms with Crippen molar-refractivity contribution in [2.45, 2.75) is 31.9 Å². The molecule has 14 heavy (non-hydrogen) atoms. The molecule has 5 heteroatoms. The maximum absolute atomic E-state index is 12.2. The van der Waals surface area contributed by atoms with Gasteiger partial charge in [0.25, 0.3) is 5.78 Å². The van der Waals surface area contributed by atoms with Crippen molar-refractivity contribution in [3.63, 3.8) is 0 Å². The molecule has 0 saturated heterocycles. The van der Waals surface area contributed by atoms with Gasteiger partial charge in [-0.1, -0.05) is 22.4 Å². The predicted octanol–water partition coefficient (Wildman–Crippen LogP) is 3.34. The molecule has 0 heterocycles. The Labute approximate surface area is 87.5 Å². The number of carbonyl (C=O) groups is 1. The summed E-state index contributed by atoms with van der Waals surface area (Å²) in [7, 11) is 0. The second-order valence-corrected chi connectivity index (χ2v) is 4.87. The SMILES string of the molecule is O=C(C1=C(Br)CC12CCC2)C(F)(F)F. The van der Waals surface area contributed by atoms with E-state index in [2.05, 4.69) is 15.9 Å². The van der Waals surface area contributed by atoms with Gasteiger partial charge in [0.05, 0.1) is 0 Å². The van der Waals surface area contributed by atoms with E-state index < -0.39 is 17.4 Å². The topological polar surface area (TPSA) is 17.1 Å². The molecule has 2 aliphatic rings. The first-order valence-electron chi connectivity index (χ1n) is 4.37. The lowest BCUT2D eigenvalue weighted by atomic mass is 9.55. The minimum Gasteiger partial charge on any atom is -0.284 e. The third-order valence-electron chi connectivity index (χ3n) is 3.09. The van der Waals surface area contributed by atoms with Gasteiger partial charge >= 0.3 is 6.18 Å². The van der Waals surface area contributed by atoms with Crippen molar-refractivity contribution in [1.82, 2.24) is 0 Å². The molecule has 0 aromatic rings. The lowest BCUT2D eigenvalue weighted by Gasteiger charge is -2.50. The molecule has 1 nitrogen and oxygen atoms in total. The molecule has 0 aromatic heterocycles. The molecule has 0 amide bonds. The fraction of sp³-hybridized carbons (Fsp3) is 0.667. The highest BCUT2D eigenvalue weighted by Crippen LogP contribution is 2.61. The largest absolute Gasteiger partial charge is 0.454 e. The van der Waals surface area contributed by atoms with E-state index in [9.17, 15) is 18.0 Å². The summed E-state index contributed by atoms with van der Waals surface area (Å²) in [4.78, 5) is 11.1. The Balaban J connectivity index is 2.26. The van der Waals surface area contributed by atoms with Gasteiger partial charge in [-0.3, -0.25) is 4.79 Å². The number of allylic oxidation sites excluding steroid dienone is 2. The zero-order valence-corrected chi connectivity index (χ0v) is 8.83. The molecular weight excluding hydrogens is 261 g/mol. The quantitative estimate of drug-likeness (QED) is 0.713. The van der Waals surface area contributed by atoms with Crippen LogP contribution in [0.3, 0.4) is 0 Å². The summed E-state index contributed by atoms with van der Waals surface area (Å²) in [6, 6.07) is 0. The van der Waals surface area contributed by atoms with Gasteiger partial charge in [0, 0.05) is 15.5 Å². The summed E-state index contributed by atoms with van der Waals surface area (Å²) in [5, 5.41) is 0. The highest BCUT2D eigenvalue weighted by atomic mass is 79.9. The van der Waals surface area contributed by atoms with Crippen molar-refractivity contribution in [2.75, 3.05) is 0 Å². The van der Waals surface area contributed by atoms with Crippen molar-refractivity contribution in [1.29, 1.82) is 0 Å². The lowest BCUT2D eigenvalue weighted by Crippen LogP contribution is -2.45. The van der Waals surface area contributed by atoms with Gasteiger partial charge < -0.3 is 0 Å². The standard InChI is InChI=1S/C9H8BrF3O/c10-5-4-8(2-1-3-8)6(5)7(14)9(11,12)13/h1-4H2. The van der Waals surface area contributed by atoms with E-state index in [1.165, 1.54) is 0 Å². The number of Topliss-reactive ketones (excluding diaryl/α,β-unsaturated/α-hetero) is 1. The molecule has 0 N–H and O–H groups in total. The smallest absolute Gasteiger partial charge is 0.284 e. The second-order valence-electron chi connectivity index (χ2n) is 3.92. The van der Waals surface area contributed by atoms with Crippen molar-refractivity contribution < 1.29 is 18.0 Å². The number of rotatable bonds is 1. The van der Waals surface area contributed by atoms with Gasteiger partial charge in [0.2, 0.25) is 0 Å². The molecule has 0 aliphatic heterocycles. The molecule has 0 atom stereocenters. The van der Waals surface area contributed by atoms with Gasteiger partial charge in [-0.05, 0) is 19.3 Å². The Morgan fingerprint density at radius 2 is 1.93 bits per heavy atom. The van der Waals surface area contributed by atoms with Gasteiger partial charge in [0.15, 0.2) is 0 Å². The van der Waals surface area contributed by atoms with Gasteiger partial charge in [0.1, 0.15) is 0 Å². The summed E-state index contributed by atoms with van der Waals surface area (Å²) < 4.78 is 37.0. The molecule has 2 rings (SSSR count). The average molecular weight is 269 g/mol. The molecule has 1 saturated carbocycles. The number of ketones is 1. The zero-order chi connectivity index (χ0) is 10.6. The molecule has 1 spiro atoms. The van der Waals surface area contributed by atoms with Crippen LogP contribution in [0.25, 0.3) is 0 Å². The normalized spacial score (nSPS) is 24.6. The number of carbonyl (C=O) groups excluding carboxylic acids is 1. The molecule has 1 fully saturated rings. The van der Waals surface area contributed by atoms with Crippen LogP contribution in [0.2, 0.25) is 0 Å². The van der Waals surface area contributed by atoms with Crippen LogP contribution in [-0.4, -0.2) is 12.0 Å². The number of hydrogen-bond donors (Lipinski definition) is 0. The predicted molar refractivity (Wildman–Crippen MR) is 47.9 cm³/mol. The summed E-state index contributed by atoms with van der Waals surface area (Å²) in [5.41, 5.74) is -0.443. The number of alkyl halides is 3. The minimum absolute atomic E-state index is 0.0174. The average Bonchev–Trinajstić information content (AvgIpc) is 1.94. The van der Waals surface area contributed by atoms with Crippen LogP contribution < -0.4 is 0 Å². The first-order chi connectivity index (χ1) is 6.37. The van der Waals surface area contributed by atoms with E-state index in [1.54, 1.807) is 0 Å². The Morgan fingerprint density at radius 1 is 1.36 bits per heavy atom. The van der Waals surface area contributed by atoms with Gasteiger partial charge in [-0.2, -0.15) is 13.2 Å². The van der Waals surface area contributed by atoms with Crippen molar-refractivity contribution in [2.24, 2.45) is 5.41 Å². The van der Waals surface area contributed by atoms with Crippen LogP contribution in [0.1, 0.15) is 25.7 Å². The molecule has 0 unspecified atom stereocenters. The Hall–Kier alpha value is -0.320. The van der Waals surface area contributed by atoms with Crippen molar-refractivity contribution in [3.05, 3.63) is 10.1 Å². The molecular formula is C9H8BrF3O. The van der Waals surface area contributed by atoms with Crippen molar-refractivity contribution in [3.8, 4) is 0 Å². The molecule has 0 aromatic carbocycles. The Bertz CT molecular complexity index is 325. The summed E-state index contributed by atoms with van der Waals surface area (Å²) >= 11 is 3.03. The van der Waals surface area contributed by atoms with Gasteiger partial charge in [-0.25, -0.2) is 0 Å². The van der Waals surface area contributed by atoms with E-state index in [0.717, 1.165) is 19.3 Å². The van der Waals surface area contributed by atoms with Crippen LogP contribution in [0, 0.1) is 5.41 Å². The highest BCUT2D eigenvalue weighted by Gasteiger charge is 2.56. The fourth-order valence-corrected chi connectivity index (χ4v) is 3.33. The van der Waals surface area contributed by atoms with Gasteiger partial charge in [-0.15, -0.1) is 0 Å². The number of halogens is 4. The summed E-state index contributed by atoms with van der Waals surface area (Å²) in [6.45, 7) is 0. The zero-order valence-electron chi connectivity index (χ0n) is 7.25. The van der Waals surface area contributed by atoms with E-state index in [4.69, 9.17) is 0 Å². The summed E-state index contributed by atoms with van der Waals surface area (Å²) in [5.74, 6) is -1.66. The van der Waals surface area contributed by atoms with Crippen LogP contribution in [0.15, 0.2) is 10.1 Å². The third kappa shape index (κ3) is 1.25. The van der Waals surface area contributed by atoms with E-state index in [1.807, 2.05) is 0 Å². The molecule has 78 valence electrons. The monoisotopic (exact) mass is 268 g/mol. The van der Waals surface area contributed by atoms with E-state index in [-0.39, 0.29) is 5.57 Å². The maximum atomic E-state index is 12.2. The van der Waals surface area contributed by atoms with Crippen molar-refractivity contribution >= 4 is 21.7 Å². The molecule has 0 radical (unpaired) electrons. The first kappa shape index (κ1) is 10.2. The van der Waals surface area contributed by atoms with Crippen LogP contribution in [0.4, 0.5) is 13.2 Å². The fourth-order valence-electron chi connectivity index (χ4n) is 2.19. The molecule has 2 aliphatic carbocycles. The van der Waals surface area contributed by atoms with Crippen LogP contribution in [-0.2, 0) is 4.79 Å².